The Labute approximate surface area is 122 Å². The molecule has 3 fully saturated rings. The van der Waals surface area contributed by atoms with Crippen molar-refractivity contribution < 1.29 is 9.53 Å². The van der Waals surface area contributed by atoms with Crippen LogP contribution in [0.5, 0.6) is 0 Å². The number of ether oxygens (including phenoxy) is 1. The van der Waals surface area contributed by atoms with Gasteiger partial charge in [-0.3, -0.25) is 9.69 Å². The van der Waals surface area contributed by atoms with Crippen LogP contribution in [0.4, 0.5) is 0 Å². The van der Waals surface area contributed by atoms with Crippen molar-refractivity contribution in [3.05, 3.63) is 0 Å². The Morgan fingerprint density at radius 2 is 2.00 bits per heavy atom. The summed E-state index contributed by atoms with van der Waals surface area (Å²) in [6.07, 6.45) is 8.37. The molecule has 0 aromatic rings. The van der Waals surface area contributed by atoms with Crippen LogP contribution in [0.3, 0.4) is 0 Å². The van der Waals surface area contributed by atoms with Gasteiger partial charge >= 0.3 is 5.97 Å². The van der Waals surface area contributed by atoms with Gasteiger partial charge in [0.15, 0.2) is 0 Å². The molecule has 2 unspecified atom stereocenters. The molecule has 2 aliphatic carbocycles. The zero-order chi connectivity index (χ0) is 13.9. The smallest absolute Gasteiger partial charge is 0.305 e. The third-order valence-electron chi connectivity index (χ3n) is 5.01. The molecule has 0 radical (unpaired) electrons. The number of hydrogen-bond donors (Lipinski definition) is 1. The van der Waals surface area contributed by atoms with E-state index in [9.17, 15) is 4.79 Å². The summed E-state index contributed by atoms with van der Waals surface area (Å²) in [5.41, 5.74) is 0. The summed E-state index contributed by atoms with van der Waals surface area (Å²) in [5.74, 6) is 1.54. The van der Waals surface area contributed by atoms with Crippen LogP contribution in [0.25, 0.3) is 0 Å². The van der Waals surface area contributed by atoms with Gasteiger partial charge in [-0.1, -0.05) is 0 Å². The van der Waals surface area contributed by atoms with Gasteiger partial charge in [0.25, 0.3) is 0 Å². The van der Waals surface area contributed by atoms with Gasteiger partial charge in [-0.15, -0.1) is 0 Å². The topological polar surface area (TPSA) is 41.6 Å². The average molecular weight is 280 g/mol. The van der Waals surface area contributed by atoms with Crippen LogP contribution in [0.15, 0.2) is 0 Å². The van der Waals surface area contributed by atoms with Crippen LogP contribution >= 0.6 is 0 Å². The zero-order valence-corrected chi connectivity index (χ0v) is 12.6. The van der Waals surface area contributed by atoms with Gasteiger partial charge in [-0.2, -0.15) is 0 Å². The lowest BCUT2D eigenvalue weighted by molar-refractivity contribution is -0.141. The molecule has 1 N–H and O–H groups in total. The summed E-state index contributed by atoms with van der Waals surface area (Å²) in [6.45, 7) is 3.60. The molecule has 4 nitrogen and oxygen atoms in total. The molecule has 0 spiro atoms. The second-order valence-electron chi connectivity index (χ2n) is 6.95. The first kappa shape index (κ1) is 14.3. The van der Waals surface area contributed by atoms with E-state index in [2.05, 4.69) is 10.2 Å². The number of esters is 1. The van der Waals surface area contributed by atoms with Crippen molar-refractivity contribution in [2.24, 2.45) is 11.8 Å². The predicted molar refractivity (Wildman–Crippen MR) is 78.5 cm³/mol. The van der Waals surface area contributed by atoms with Crippen LogP contribution in [0.2, 0.25) is 0 Å². The van der Waals surface area contributed by atoms with E-state index in [0.29, 0.717) is 18.4 Å². The van der Waals surface area contributed by atoms with Gasteiger partial charge in [0.1, 0.15) is 0 Å². The zero-order valence-electron chi connectivity index (χ0n) is 12.6. The Bertz CT molecular complexity index is 339. The monoisotopic (exact) mass is 280 g/mol. The molecule has 1 saturated heterocycles. The van der Waals surface area contributed by atoms with Crippen molar-refractivity contribution in [3.63, 3.8) is 0 Å². The van der Waals surface area contributed by atoms with E-state index in [0.717, 1.165) is 18.4 Å². The maximum Gasteiger partial charge on any atom is 0.305 e. The molecule has 1 aliphatic heterocycles. The largest absolute Gasteiger partial charge is 0.469 e. The fourth-order valence-corrected chi connectivity index (χ4v) is 3.41. The van der Waals surface area contributed by atoms with E-state index in [1.54, 1.807) is 0 Å². The van der Waals surface area contributed by atoms with Crippen molar-refractivity contribution in [2.75, 3.05) is 26.7 Å². The SMILES string of the molecule is COC(=O)CCC1CC(NCC2CC2)CN(C2CC2)C1. The van der Waals surface area contributed by atoms with E-state index >= 15 is 0 Å². The van der Waals surface area contributed by atoms with Crippen molar-refractivity contribution in [3.8, 4) is 0 Å². The Hall–Kier alpha value is -0.610. The molecule has 3 aliphatic rings. The number of nitrogens with zero attached hydrogens (tertiary/aromatic N) is 1. The van der Waals surface area contributed by atoms with Gasteiger partial charge in [0.2, 0.25) is 0 Å². The third kappa shape index (κ3) is 4.19. The molecule has 0 bridgehead atoms. The molecule has 2 saturated carbocycles. The maximum absolute atomic E-state index is 11.3. The van der Waals surface area contributed by atoms with Crippen LogP contribution in [-0.2, 0) is 9.53 Å². The standard InChI is InChI=1S/C16H28N2O2/c1-20-16(19)7-4-13-8-14(17-9-12-2-3-12)11-18(10-13)15-5-6-15/h12-15,17H,2-11H2,1H3. The summed E-state index contributed by atoms with van der Waals surface area (Å²) in [4.78, 5) is 14.0. The fraction of sp³-hybridized carbons (Fsp3) is 0.938. The molecule has 114 valence electrons. The molecule has 0 aromatic heterocycles. The average Bonchev–Trinajstić information content (AvgIpc) is 3.34. The summed E-state index contributed by atoms with van der Waals surface area (Å²) >= 11 is 0. The first-order valence-electron chi connectivity index (χ1n) is 8.29. The molecule has 0 amide bonds. The minimum Gasteiger partial charge on any atom is -0.469 e. The Morgan fingerprint density at radius 1 is 1.20 bits per heavy atom. The van der Waals surface area contributed by atoms with Gasteiger partial charge in [-0.25, -0.2) is 0 Å². The lowest BCUT2D eigenvalue weighted by atomic mass is 9.90. The van der Waals surface area contributed by atoms with E-state index in [1.807, 2.05) is 0 Å². The van der Waals surface area contributed by atoms with Crippen molar-refractivity contribution >= 4 is 5.97 Å². The van der Waals surface area contributed by atoms with Crippen LogP contribution in [0.1, 0.15) is 44.9 Å². The predicted octanol–water partition coefficient (Wildman–Crippen LogP) is 1.79. The maximum atomic E-state index is 11.3. The molecular formula is C16H28N2O2. The number of rotatable bonds is 7. The van der Waals surface area contributed by atoms with E-state index < -0.39 is 0 Å². The van der Waals surface area contributed by atoms with Crippen LogP contribution < -0.4 is 5.32 Å². The first-order valence-corrected chi connectivity index (χ1v) is 8.29. The van der Waals surface area contributed by atoms with Crippen molar-refractivity contribution in [2.45, 2.75) is 57.0 Å². The first-order chi connectivity index (χ1) is 9.74. The molecule has 20 heavy (non-hydrogen) atoms. The number of carbonyl (C=O) groups is 1. The van der Waals surface area contributed by atoms with Gasteiger partial charge in [0.05, 0.1) is 7.11 Å². The highest BCUT2D eigenvalue weighted by atomic mass is 16.5. The molecule has 1 heterocycles. The number of carbonyl (C=O) groups excluding carboxylic acids is 1. The van der Waals surface area contributed by atoms with Crippen molar-refractivity contribution in [1.82, 2.24) is 10.2 Å². The molecule has 4 heteroatoms. The molecule has 2 atom stereocenters. The highest BCUT2D eigenvalue weighted by Crippen LogP contribution is 2.33. The summed E-state index contributed by atoms with van der Waals surface area (Å²) in [6, 6.07) is 1.47. The van der Waals surface area contributed by atoms with Gasteiger partial charge < -0.3 is 10.1 Å². The van der Waals surface area contributed by atoms with Gasteiger partial charge in [0, 0.05) is 31.6 Å². The summed E-state index contributed by atoms with van der Waals surface area (Å²) < 4.78 is 4.77. The number of methoxy groups -OCH3 is 1. The van der Waals surface area contributed by atoms with Crippen molar-refractivity contribution in [1.29, 1.82) is 0 Å². The minimum absolute atomic E-state index is 0.0592. The fourth-order valence-electron chi connectivity index (χ4n) is 3.41. The Balaban J connectivity index is 1.47. The molecule has 3 rings (SSSR count). The van der Waals surface area contributed by atoms with E-state index in [1.165, 1.54) is 58.8 Å². The highest BCUT2D eigenvalue weighted by Gasteiger charge is 2.36. The number of hydrogen-bond acceptors (Lipinski definition) is 4. The lowest BCUT2D eigenvalue weighted by Crippen LogP contribution is -2.50. The number of nitrogens with one attached hydrogen (secondary N) is 1. The third-order valence-corrected chi connectivity index (χ3v) is 5.01. The quantitative estimate of drug-likeness (QED) is 0.722. The minimum atomic E-state index is -0.0592. The second-order valence-corrected chi connectivity index (χ2v) is 6.95. The Kier molecular flexibility index (Phi) is 4.61. The second kappa shape index (κ2) is 6.44. The number of piperidine rings is 1. The Morgan fingerprint density at radius 3 is 2.65 bits per heavy atom. The van der Waals surface area contributed by atoms with E-state index in [4.69, 9.17) is 4.74 Å². The van der Waals surface area contributed by atoms with Crippen LogP contribution in [-0.4, -0.2) is 49.7 Å². The lowest BCUT2D eigenvalue weighted by Gasteiger charge is -2.38. The normalized spacial score (nSPS) is 31.2. The van der Waals surface area contributed by atoms with Gasteiger partial charge in [-0.05, 0) is 56.9 Å². The van der Waals surface area contributed by atoms with E-state index in [-0.39, 0.29) is 5.97 Å². The summed E-state index contributed by atoms with van der Waals surface area (Å²) in [7, 11) is 1.49. The molecular weight excluding hydrogens is 252 g/mol. The molecule has 0 aromatic carbocycles. The van der Waals surface area contributed by atoms with Crippen LogP contribution in [0, 0.1) is 11.8 Å². The summed E-state index contributed by atoms with van der Waals surface area (Å²) in [5, 5.41) is 3.77. The highest BCUT2D eigenvalue weighted by molar-refractivity contribution is 5.69. The number of likely N-dealkylation sites (tertiary alicyclic amines) is 1.